The zero-order chi connectivity index (χ0) is 11.9. The van der Waals surface area contributed by atoms with Crippen LogP contribution in [0.4, 0.5) is 13.2 Å². The Balaban J connectivity index is 3.84. The number of aliphatic carboxylic acids is 1. The Morgan fingerprint density at radius 2 is 2.07 bits per heavy atom. The molecule has 0 radical (unpaired) electrons. The van der Waals surface area contributed by atoms with Gasteiger partial charge in [0.1, 0.15) is 0 Å². The summed E-state index contributed by atoms with van der Waals surface area (Å²) >= 11 is 0. The lowest BCUT2D eigenvalue weighted by Gasteiger charge is -2.16. The van der Waals surface area contributed by atoms with Gasteiger partial charge in [-0.2, -0.15) is 13.2 Å². The lowest BCUT2D eigenvalue weighted by atomic mass is 10.1. The van der Waals surface area contributed by atoms with Crippen molar-refractivity contribution >= 4 is 5.97 Å². The van der Waals surface area contributed by atoms with Crippen LogP contribution in [-0.4, -0.2) is 44.1 Å². The number of rotatable bonds is 7. The van der Waals surface area contributed by atoms with Gasteiger partial charge in [-0.25, -0.2) is 5.48 Å². The van der Waals surface area contributed by atoms with Gasteiger partial charge >= 0.3 is 12.1 Å². The lowest BCUT2D eigenvalue weighted by molar-refractivity contribution is -0.196. The summed E-state index contributed by atoms with van der Waals surface area (Å²) in [4.78, 5) is 14.7. The molecule has 15 heavy (non-hydrogen) atoms. The Bertz CT molecular complexity index is 197. The summed E-state index contributed by atoms with van der Waals surface area (Å²) in [5, 5.41) is 8.27. The third kappa shape index (κ3) is 6.26. The van der Waals surface area contributed by atoms with Gasteiger partial charge in [0.05, 0.1) is 13.2 Å². The number of carboxylic acid groups (broad SMARTS) is 1. The number of nitrogens with one attached hydrogen (secondary N) is 1. The number of ether oxygens (including phenoxy) is 1. The van der Waals surface area contributed by atoms with Crippen LogP contribution in [0.1, 0.15) is 0 Å². The number of hydroxylamine groups is 1. The summed E-state index contributed by atoms with van der Waals surface area (Å²) in [5.74, 6) is -4.41. The molecule has 0 aliphatic heterocycles. The summed E-state index contributed by atoms with van der Waals surface area (Å²) in [6.45, 7) is -0.583. The fourth-order valence-electron chi connectivity index (χ4n) is 0.682. The Hall–Kier alpha value is -0.860. The highest BCUT2D eigenvalue weighted by Gasteiger charge is 2.44. The van der Waals surface area contributed by atoms with E-state index in [1.807, 2.05) is 5.48 Å². The highest BCUT2D eigenvalue weighted by atomic mass is 19.4. The molecule has 0 fully saturated rings. The molecule has 5 nitrogen and oxygen atoms in total. The third-order valence-electron chi connectivity index (χ3n) is 1.47. The molecule has 0 saturated heterocycles. The minimum absolute atomic E-state index is 0.0424. The van der Waals surface area contributed by atoms with Crippen molar-refractivity contribution in [2.75, 3.05) is 26.9 Å². The molecule has 0 rings (SSSR count). The first-order valence-corrected chi connectivity index (χ1v) is 4.02. The van der Waals surface area contributed by atoms with E-state index in [2.05, 4.69) is 9.57 Å². The summed E-state index contributed by atoms with van der Waals surface area (Å²) in [6, 6.07) is 0. The number of halogens is 3. The molecule has 2 N–H and O–H groups in total. The second-order valence-electron chi connectivity index (χ2n) is 2.62. The Morgan fingerprint density at radius 1 is 1.47 bits per heavy atom. The number of alkyl halides is 3. The second-order valence-corrected chi connectivity index (χ2v) is 2.62. The van der Waals surface area contributed by atoms with Crippen molar-refractivity contribution in [1.82, 2.24) is 5.48 Å². The van der Waals surface area contributed by atoms with Crippen LogP contribution in [0.3, 0.4) is 0 Å². The molecule has 0 aliphatic carbocycles. The van der Waals surface area contributed by atoms with E-state index in [1.54, 1.807) is 0 Å². The molecule has 0 spiro atoms. The van der Waals surface area contributed by atoms with Crippen molar-refractivity contribution in [3.05, 3.63) is 0 Å². The minimum Gasteiger partial charge on any atom is -0.481 e. The lowest BCUT2D eigenvalue weighted by Crippen LogP contribution is -2.39. The van der Waals surface area contributed by atoms with Crippen molar-refractivity contribution in [3.8, 4) is 0 Å². The number of carboxylic acids is 1. The maximum atomic E-state index is 12.0. The predicted octanol–water partition coefficient (Wildman–Crippen LogP) is 0.417. The summed E-state index contributed by atoms with van der Waals surface area (Å²) < 4.78 is 40.7. The average molecular weight is 231 g/mol. The van der Waals surface area contributed by atoms with Crippen LogP contribution in [0.25, 0.3) is 0 Å². The number of carbonyl (C=O) groups is 1. The SMILES string of the molecule is COCCONCC(C(=O)O)C(F)(F)F. The fourth-order valence-corrected chi connectivity index (χ4v) is 0.682. The molecule has 8 heteroatoms. The first kappa shape index (κ1) is 14.1. The smallest absolute Gasteiger partial charge is 0.403 e. The largest absolute Gasteiger partial charge is 0.481 e. The van der Waals surface area contributed by atoms with Crippen molar-refractivity contribution in [1.29, 1.82) is 0 Å². The molecular formula is C7H12F3NO4. The number of hydrogen-bond donors (Lipinski definition) is 2. The first-order valence-electron chi connectivity index (χ1n) is 4.02. The van der Waals surface area contributed by atoms with Crippen LogP contribution in [0, 0.1) is 5.92 Å². The molecule has 0 saturated carbocycles. The Kier molecular flexibility index (Phi) is 6.21. The van der Waals surface area contributed by atoms with Crippen LogP contribution in [0.5, 0.6) is 0 Å². The van der Waals surface area contributed by atoms with E-state index in [0.29, 0.717) is 0 Å². The molecule has 1 unspecified atom stereocenters. The van der Waals surface area contributed by atoms with Crippen LogP contribution in [0.2, 0.25) is 0 Å². The predicted molar refractivity (Wildman–Crippen MR) is 43.0 cm³/mol. The van der Waals surface area contributed by atoms with Gasteiger partial charge in [0.25, 0.3) is 0 Å². The normalized spacial score (nSPS) is 13.9. The van der Waals surface area contributed by atoms with Crippen LogP contribution in [0.15, 0.2) is 0 Å². The van der Waals surface area contributed by atoms with Gasteiger partial charge in [-0.3, -0.25) is 9.63 Å². The van der Waals surface area contributed by atoms with Gasteiger partial charge in [0.15, 0.2) is 5.92 Å². The van der Waals surface area contributed by atoms with E-state index in [0.717, 1.165) is 0 Å². The zero-order valence-electron chi connectivity index (χ0n) is 8.00. The van der Waals surface area contributed by atoms with Crippen LogP contribution >= 0.6 is 0 Å². The summed E-state index contributed by atoms with van der Waals surface area (Å²) in [5.41, 5.74) is 1.93. The van der Waals surface area contributed by atoms with Crippen molar-refractivity contribution in [3.63, 3.8) is 0 Å². The van der Waals surface area contributed by atoms with Gasteiger partial charge in [0, 0.05) is 13.7 Å². The molecule has 0 heterocycles. The molecule has 0 amide bonds. The molecule has 0 aromatic heterocycles. The number of methoxy groups -OCH3 is 1. The van der Waals surface area contributed by atoms with Crippen molar-refractivity contribution < 1.29 is 32.6 Å². The Labute approximate surface area is 84.1 Å². The summed E-state index contributed by atoms with van der Waals surface area (Å²) in [7, 11) is 1.40. The second kappa shape index (κ2) is 6.59. The fraction of sp³-hybridized carbons (Fsp3) is 0.857. The van der Waals surface area contributed by atoms with Gasteiger partial charge in [0.2, 0.25) is 0 Å². The van der Waals surface area contributed by atoms with E-state index >= 15 is 0 Å². The molecule has 0 aliphatic rings. The van der Waals surface area contributed by atoms with E-state index in [9.17, 15) is 18.0 Å². The number of hydrogen-bond acceptors (Lipinski definition) is 4. The van der Waals surface area contributed by atoms with E-state index in [1.165, 1.54) is 7.11 Å². The highest BCUT2D eigenvalue weighted by Crippen LogP contribution is 2.25. The van der Waals surface area contributed by atoms with Crippen molar-refractivity contribution in [2.24, 2.45) is 5.92 Å². The maximum absolute atomic E-state index is 12.0. The highest BCUT2D eigenvalue weighted by molar-refractivity contribution is 5.71. The maximum Gasteiger partial charge on any atom is 0.403 e. The zero-order valence-corrected chi connectivity index (χ0v) is 8.00. The molecule has 0 aromatic rings. The Morgan fingerprint density at radius 3 is 2.47 bits per heavy atom. The summed E-state index contributed by atoms with van der Waals surface area (Å²) in [6.07, 6.45) is -4.79. The van der Waals surface area contributed by atoms with Gasteiger partial charge < -0.3 is 9.84 Å². The monoisotopic (exact) mass is 231 g/mol. The van der Waals surface area contributed by atoms with Crippen LogP contribution in [-0.2, 0) is 14.4 Å². The minimum atomic E-state index is -4.79. The molecule has 1 atom stereocenters. The van der Waals surface area contributed by atoms with E-state index < -0.39 is 24.6 Å². The third-order valence-corrected chi connectivity index (χ3v) is 1.47. The quantitative estimate of drug-likeness (QED) is 0.491. The molecule has 0 bridgehead atoms. The van der Waals surface area contributed by atoms with E-state index in [-0.39, 0.29) is 13.2 Å². The van der Waals surface area contributed by atoms with Gasteiger partial charge in [-0.1, -0.05) is 0 Å². The molecule has 0 aromatic carbocycles. The van der Waals surface area contributed by atoms with Crippen LogP contribution < -0.4 is 5.48 Å². The van der Waals surface area contributed by atoms with Crippen molar-refractivity contribution in [2.45, 2.75) is 6.18 Å². The molecular weight excluding hydrogens is 219 g/mol. The standard InChI is InChI=1S/C7H12F3NO4/c1-14-2-3-15-11-4-5(6(12)13)7(8,9)10/h5,11H,2-4H2,1H3,(H,12,13). The van der Waals surface area contributed by atoms with Gasteiger partial charge in [-0.15, -0.1) is 0 Å². The molecule has 90 valence electrons. The first-order chi connectivity index (χ1) is 6.89. The van der Waals surface area contributed by atoms with E-state index in [4.69, 9.17) is 5.11 Å². The average Bonchev–Trinajstić information content (AvgIpc) is 2.08. The topological polar surface area (TPSA) is 67.8 Å². The van der Waals surface area contributed by atoms with Gasteiger partial charge in [-0.05, 0) is 0 Å².